The van der Waals surface area contributed by atoms with Gasteiger partial charge in [-0.3, -0.25) is 4.98 Å². The normalized spacial score (nSPS) is 11.7. The second-order valence-corrected chi connectivity index (χ2v) is 16.7. The molecule has 302 valence electrons. The number of pyridine rings is 1. The first kappa shape index (κ1) is 36.9. The molecule has 65 heavy (non-hydrogen) atoms. The first-order valence-electron chi connectivity index (χ1n) is 22.1. The summed E-state index contributed by atoms with van der Waals surface area (Å²) < 4.78 is 2.32. The number of rotatable bonds is 6. The van der Waals surface area contributed by atoms with Crippen molar-refractivity contribution in [2.75, 3.05) is 0 Å². The van der Waals surface area contributed by atoms with Gasteiger partial charge in [-0.15, -0.1) is 0 Å². The van der Waals surface area contributed by atoms with Crippen LogP contribution in [0, 0.1) is 0 Å². The zero-order valence-electron chi connectivity index (χ0n) is 35.2. The van der Waals surface area contributed by atoms with Crippen LogP contribution in [-0.2, 0) is 0 Å². The molecule has 3 aromatic heterocycles. The smallest absolute Gasteiger partial charge is 0.160 e. The van der Waals surface area contributed by atoms with Gasteiger partial charge in [0.1, 0.15) is 0 Å². The van der Waals surface area contributed by atoms with Crippen LogP contribution in [0.5, 0.6) is 0 Å². The highest BCUT2D eigenvalue weighted by Crippen LogP contribution is 2.45. The third kappa shape index (κ3) is 6.03. The first-order valence-corrected chi connectivity index (χ1v) is 22.1. The van der Waals surface area contributed by atoms with Gasteiger partial charge in [-0.05, 0) is 114 Å². The van der Waals surface area contributed by atoms with Crippen LogP contribution >= 0.6 is 0 Å². The van der Waals surface area contributed by atoms with E-state index in [1.807, 2.05) is 12.4 Å². The van der Waals surface area contributed by atoms with Crippen LogP contribution < -0.4 is 0 Å². The number of hydrogen-bond acceptors (Lipinski definition) is 3. The van der Waals surface area contributed by atoms with Gasteiger partial charge < -0.3 is 4.57 Å². The fraction of sp³-hybridized carbons (Fsp3) is 0. The lowest BCUT2D eigenvalue weighted by Crippen LogP contribution is -1.97. The Morgan fingerprint density at radius 1 is 0.323 bits per heavy atom. The maximum atomic E-state index is 5.50. The molecule has 0 spiro atoms. The molecule has 3 heterocycles. The molecule has 13 rings (SSSR count). The Kier molecular flexibility index (Phi) is 8.50. The molecule has 0 amide bonds. The Labute approximate surface area is 375 Å². The van der Waals surface area contributed by atoms with E-state index >= 15 is 0 Å². The van der Waals surface area contributed by atoms with Crippen LogP contribution in [0.2, 0.25) is 0 Å². The fourth-order valence-electron chi connectivity index (χ4n) is 10.2. The number of fused-ring (bicyclic) bond motifs is 8. The summed E-state index contributed by atoms with van der Waals surface area (Å²) in [4.78, 5) is 15.6. The lowest BCUT2D eigenvalue weighted by molar-refractivity contribution is 1.17. The molecule has 0 saturated carbocycles. The maximum Gasteiger partial charge on any atom is 0.160 e. The highest BCUT2D eigenvalue weighted by Gasteiger charge is 2.20. The Bertz CT molecular complexity index is 3940. The summed E-state index contributed by atoms with van der Waals surface area (Å²) in [5.41, 5.74) is 12.8. The summed E-state index contributed by atoms with van der Waals surface area (Å²) in [6, 6.07) is 78.3. The molecule has 4 heteroatoms. The Balaban J connectivity index is 1.05. The Morgan fingerprint density at radius 2 is 0.892 bits per heavy atom. The number of hydrogen-bond donors (Lipinski definition) is 0. The summed E-state index contributed by atoms with van der Waals surface area (Å²) in [6.45, 7) is 0. The molecule has 0 bridgehead atoms. The standard InChI is InChI=1S/C61H38N4/c1-3-16-39(17-4-1)59-48-26-11-13-28-50(48)60(51-29-14-12-27-49(51)59)42-19-15-20-43(34-42)61-63-55(37-56(64-61)52-35-40-18-7-8-23-45(40)46-24-9-10-25-47(46)52)41-30-31-57-53(36-41)54-38-62-33-32-58(54)65(57)44-21-5-2-6-22-44/h1-38H. The molecule has 10 aromatic carbocycles. The van der Waals surface area contributed by atoms with E-state index < -0.39 is 0 Å². The number of benzene rings is 10. The van der Waals surface area contributed by atoms with E-state index in [1.54, 1.807) is 0 Å². The topological polar surface area (TPSA) is 43.6 Å². The fourth-order valence-corrected chi connectivity index (χ4v) is 10.2. The summed E-state index contributed by atoms with van der Waals surface area (Å²) >= 11 is 0. The van der Waals surface area contributed by atoms with Gasteiger partial charge in [0.2, 0.25) is 0 Å². The van der Waals surface area contributed by atoms with Gasteiger partial charge in [-0.2, -0.15) is 0 Å². The van der Waals surface area contributed by atoms with Crippen molar-refractivity contribution in [3.05, 3.63) is 231 Å². The van der Waals surface area contributed by atoms with Gasteiger partial charge in [0, 0.05) is 45.5 Å². The van der Waals surface area contributed by atoms with Crippen molar-refractivity contribution in [3.8, 4) is 61.8 Å². The van der Waals surface area contributed by atoms with Crippen molar-refractivity contribution in [2.45, 2.75) is 0 Å². The second kappa shape index (κ2) is 15.0. The molecule has 4 nitrogen and oxygen atoms in total. The van der Waals surface area contributed by atoms with E-state index in [9.17, 15) is 0 Å². The van der Waals surface area contributed by atoms with Crippen molar-refractivity contribution in [2.24, 2.45) is 0 Å². The number of para-hydroxylation sites is 1. The van der Waals surface area contributed by atoms with Gasteiger partial charge in [-0.1, -0.05) is 170 Å². The lowest BCUT2D eigenvalue weighted by atomic mass is 9.85. The van der Waals surface area contributed by atoms with Crippen molar-refractivity contribution < 1.29 is 0 Å². The van der Waals surface area contributed by atoms with Gasteiger partial charge in [0.15, 0.2) is 5.82 Å². The third-order valence-corrected chi connectivity index (χ3v) is 13.1. The zero-order chi connectivity index (χ0) is 42.8. The molecular weight excluding hydrogens is 789 g/mol. The van der Waals surface area contributed by atoms with Crippen molar-refractivity contribution in [1.82, 2.24) is 19.5 Å². The predicted octanol–water partition coefficient (Wildman–Crippen LogP) is 15.9. The van der Waals surface area contributed by atoms with Crippen LogP contribution in [0.15, 0.2) is 231 Å². The van der Waals surface area contributed by atoms with E-state index in [2.05, 4.69) is 228 Å². The highest BCUT2D eigenvalue weighted by atomic mass is 15.0. The molecule has 0 saturated heterocycles. The summed E-state index contributed by atoms with van der Waals surface area (Å²) in [7, 11) is 0. The average Bonchev–Trinajstić information content (AvgIpc) is 3.72. The lowest BCUT2D eigenvalue weighted by Gasteiger charge is -2.18. The van der Waals surface area contributed by atoms with E-state index in [-0.39, 0.29) is 0 Å². The van der Waals surface area contributed by atoms with Crippen LogP contribution in [-0.4, -0.2) is 19.5 Å². The van der Waals surface area contributed by atoms with Crippen LogP contribution in [0.1, 0.15) is 0 Å². The van der Waals surface area contributed by atoms with Gasteiger partial charge in [0.05, 0.1) is 22.4 Å². The largest absolute Gasteiger partial charge is 0.309 e. The minimum atomic E-state index is 0.666. The molecular formula is C61H38N4. The summed E-state index contributed by atoms with van der Waals surface area (Å²) in [6.07, 6.45) is 3.85. The van der Waals surface area contributed by atoms with E-state index in [1.165, 1.54) is 54.4 Å². The predicted molar refractivity (Wildman–Crippen MR) is 271 cm³/mol. The SMILES string of the molecule is c1ccc(-c2c3ccccc3c(-c3cccc(-c4nc(-c5ccc6c(c5)c5cnccc5n6-c5ccccc5)cc(-c5cc6ccccc6c6ccccc56)n4)c3)c3ccccc23)cc1. The summed E-state index contributed by atoms with van der Waals surface area (Å²) in [5.74, 6) is 0.666. The minimum absolute atomic E-state index is 0.666. The van der Waals surface area contributed by atoms with Crippen molar-refractivity contribution in [3.63, 3.8) is 0 Å². The number of nitrogens with zero attached hydrogens (tertiary/aromatic N) is 4. The van der Waals surface area contributed by atoms with Crippen molar-refractivity contribution >= 4 is 64.9 Å². The zero-order valence-corrected chi connectivity index (χ0v) is 35.2. The van der Waals surface area contributed by atoms with Crippen LogP contribution in [0.3, 0.4) is 0 Å². The van der Waals surface area contributed by atoms with Gasteiger partial charge in [-0.25, -0.2) is 9.97 Å². The molecule has 0 unspecified atom stereocenters. The third-order valence-electron chi connectivity index (χ3n) is 13.1. The Hall–Kier alpha value is -8.73. The van der Waals surface area contributed by atoms with E-state index in [0.29, 0.717) is 5.82 Å². The Morgan fingerprint density at radius 3 is 1.63 bits per heavy atom. The van der Waals surface area contributed by atoms with Crippen molar-refractivity contribution in [1.29, 1.82) is 0 Å². The second-order valence-electron chi connectivity index (χ2n) is 16.7. The molecule has 0 atom stereocenters. The molecule has 13 aromatic rings. The first-order chi connectivity index (χ1) is 32.2. The summed E-state index contributed by atoms with van der Waals surface area (Å²) in [5, 5.41) is 11.8. The van der Waals surface area contributed by atoms with Gasteiger partial charge >= 0.3 is 0 Å². The van der Waals surface area contributed by atoms with Crippen LogP contribution in [0.4, 0.5) is 0 Å². The molecule has 0 fully saturated rings. The maximum absolute atomic E-state index is 5.50. The molecule has 0 radical (unpaired) electrons. The molecule has 0 aliphatic rings. The van der Waals surface area contributed by atoms with Crippen LogP contribution in [0.25, 0.3) is 127 Å². The van der Waals surface area contributed by atoms with E-state index in [4.69, 9.17) is 9.97 Å². The monoisotopic (exact) mass is 826 g/mol. The number of aromatic nitrogens is 4. The molecule has 0 aliphatic carbocycles. The quantitative estimate of drug-likeness (QED) is 0.124. The highest BCUT2D eigenvalue weighted by molar-refractivity contribution is 6.21. The molecule has 0 N–H and O–H groups in total. The molecule has 0 aliphatic heterocycles. The van der Waals surface area contributed by atoms with E-state index in [0.717, 1.165) is 66.5 Å². The van der Waals surface area contributed by atoms with Gasteiger partial charge in [0.25, 0.3) is 0 Å². The average molecular weight is 827 g/mol. The minimum Gasteiger partial charge on any atom is -0.309 e.